The molecule has 0 amide bonds. The van der Waals surface area contributed by atoms with Crippen LogP contribution in [0, 0.1) is 0 Å². The van der Waals surface area contributed by atoms with E-state index in [4.69, 9.17) is 16.3 Å². The molecule has 0 saturated carbocycles. The fourth-order valence-electron chi connectivity index (χ4n) is 2.57. The first-order valence-electron chi connectivity index (χ1n) is 7.03. The summed E-state index contributed by atoms with van der Waals surface area (Å²) in [5.41, 5.74) is 1.14. The molecule has 0 fully saturated rings. The molecular formula is C18H17ClOS. The normalized spacial score (nSPS) is 12.5. The molecule has 1 nitrogen and oxygen atoms in total. The van der Waals surface area contributed by atoms with Crippen molar-refractivity contribution in [3.05, 3.63) is 63.8 Å². The van der Waals surface area contributed by atoms with Gasteiger partial charge in [-0.3, -0.25) is 0 Å². The van der Waals surface area contributed by atoms with E-state index in [0.29, 0.717) is 0 Å². The molecule has 0 aliphatic heterocycles. The second kappa shape index (κ2) is 6.08. The number of halogens is 1. The van der Waals surface area contributed by atoms with Gasteiger partial charge in [0.2, 0.25) is 0 Å². The summed E-state index contributed by atoms with van der Waals surface area (Å²) in [6, 6.07) is 16.6. The lowest BCUT2D eigenvalue weighted by atomic mass is 10.0. The van der Waals surface area contributed by atoms with Crippen LogP contribution in [0.15, 0.2) is 48.5 Å². The molecule has 1 aromatic heterocycles. The van der Waals surface area contributed by atoms with E-state index in [1.165, 1.54) is 9.75 Å². The third kappa shape index (κ3) is 2.66. The molecule has 1 atom stereocenters. The third-order valence-corrected chi connectivity index (χ3v) is 5.59. The summed E-state index contributed by atoms with van der Waals surface area (Å²) < 4.78 is 5.45. The van der Waals surface area contributed by atoms with Gasteiger partial charge in [-0.05, 0) is 35.6 Å². The van der Waals surface area contributed by atoms with E-state index in [1.54, 1.807) is 18.4 Å². The van der Waals surface area contributed by atoms with Crippen molar-refractivity contribution in [1.29, 1.82) is 0 Å². The second-order valence-corrected chi connectivity index (χ2v) is 6.56. The van der Waals surface area contributed by atoms with Crippen molar-refractivity contribution >= 4 is 33.7 Å². The predicted molar refractivity (Wildman–Crippen MR) is 91.9 cm³/mol. The number of hydrogen-bond donors (Lipinski definition) is 0. The average Bonchev–Trinajstić information content (AvgIpc) is 3.02. The largest absolute Gasteiger partial charge is 0.496 e. The van der Waals surface area contributed by atoms with Gasteiger partial charge in [-0.2, -0.15) is 0 Å². The van der Waals surface area contributed by atoms with E-state index >= 15 is 0 Å². The van der Waals surface area contributed by atoms with Crippen LogP contribution in [0.25, 0.3) is 10.8 Å². The van der Waals surface area contributed by atoms with E-state index in [0.717, 1.165) is 28.5 Å². The fourth-order valence-corrected chi connectivity index (χ4v) is 3.91. The zero-order chi connectivity index (χ0) is 14.8. The first kappa shape index (κ1) is 14.4. The van der Waals surface area contributed by atoms with Crippen molar-refractivity contribution < 1.29 is 4.74 Å². The van der Waals surface area contributed by atoms with Gasteiger partial charge in [0, 0.05) is 15.1 Å². The maximum absolute atomic E-state index is 6.75. The molecular weight excluding hydrogens is 300 g/mol. The van der Waals surface area contributed by atoms with Crippen LogP contribution in [0.2, 0.25) is 0 Å². The Bertz CT molecular complexity index is 763. The maximum Gasteiger partial charge on any atom is 0.126 e. The summed E-state index contributed by atoms with van der Waals surface area (Å²) in [7, 11) is 1.70. The molecule has 3 heteroatoms. The summed E-state index contributed by atoms with van der Waals surface area (Å²) >= 11 is 8.54. The molecule has 0 N–H and O–H groups in total. The molecule has 1 heterocycles. The highest BCUT2D eigenvalue weighted by Gasteiger charge is 2.17. The zero-order valence-electron chi connectivity index (χ0n) is 12.1. The molecule has 0 bridgehead atoms. The molecule has 21 heavy (non-hydrogen) atoms. The third-order valence-electron chi connectivity index (χ3n) is 3.69. The number of aryl methyl sites for hydroxylation is 1. The zero-order valence-corrected chi connectivity index (χ0v) is 13.7. The number of methoxy groups -OCH3 is 1. The number of benzene rings is 2. The van der Waals surface area contributed by atoms with Crippen LogP contribution in [-0.2, 0) is 6.42 Å². The summed E-state index contributed by atoms with van der Waals surface area (Å²) in [5, 5.41) is 2.14. The van der Waals surface area contributed by atoms with Crippen molar-refractivity contribution in [3.8, 4) is 5.75 Å². The van der Waals surface area contributed by atoms with Gasteiger partial charge in [0.1, 0.15) is 5.75 Å². The molecule has 0 saturated heterocycles. The fraction of sp³-hybridized carbons (Fsp3) is 0.222. The summed E-state index contributed by atoms with van der Waals surface area (Å²) in [4.78, 5) is 2.57. The van der Waals surface area contributed by atoms with Crippen LogP contribution in [0.1, 0.15) is 27.6 Å². The van der Waals surface area contributed by atoms with E-state index in [1.807, 2.05) is 18.2 Å². The van der Waals surface area contributed by atoms with Crippen LogP contribution in [0.4, 0.5) is 0 Å². The van der Waals surface area contributed by atoms with Gasteiger partial charge in [0.15, 0.2) is 0 Å². The maximum atomic E-state index is 6.75. The lowest BCUT2D eigenvalue weighted by molar-refractivity contribution is 0.419. The Balaban J connectivity index is 2.11. The van der Waals surface area contributed by atoms with Crippen molar-refractivity contribution in [2.75, 3.05) is 7.11 Å². The quantitative estimate of drug-likeness (QED) is 0.553. The highest BCUT2D eigenvalue weighted by molar-refractivity contribution is 7.12. The van der Waals surface area contributed by atoms with E-state index in [9.17, 15) is 0 Å². The monoisotopic (exact) mass is 316 g/mol. The van der Waals surface area contributed by atoms with Crippen LogP contribution in [-0.4, -0.2) is 7.11 Å². The molecule has 0 aliphatic rings. The van der Waals surface area contributed by atoms with Crippen LogP contribution in [0.3, 0.4) is 0 Å². The Labute approximate surface area is 134 Å². The average molecular weight is 317 g/mol. The lowest BCUT2D eigenvalue weighted by Crippen LogP contribution is -1.94. The van der Waals surface area contributed by atoms with Gasteiger partial charge >= 0.3 is 0 Å². The number of thiophene rings is 1. The van der Waals surface area contributed by atoms with Gasteiger partial charge in [-0.1, -0.05) is 37.3 Å². The molecule has 3 rings (SSSR count). The van der Waals surface area contributed by atoms with Gasteiger partial charge in [-0.15, -0.1) is 22.9 Å². The van der Waals surface area contributed by atoms with Gasteiger partial charge in [-0.25, -0.2) is 0 Å². The number of hydrogen-bond acceptors (Lipinski definition) is 2. The summed E-state index contributed by atoms with van der Waals surface area (Å²) in [5.74, 6) is 0.888. The predicted octanol–water partition coefficient (Wildman–Crippen LogP) is 5.80. The van der Waals surface area contributed by atoms with Crippen molar-refractivity contribution in [2.45, 2.75) is 18.7 Å². The van der Waals surface area contributed by atoms with Crippen molar-refractivity contribution in [3.63, 3.8) is 0 Å². The van der Waals surface area contributed by atoms with Crippen LogP contribution >= 0.6 is 22.9 Å². The molecule has 108 valence electrons. The molecule has 1 unspecified atom stereocenters. The molecule has 3 aromatic rings. The Morgan fingerprint density at radius 3 is 2.48 bits per heavy atom. The molecule has 0 aliphatic carbocycles. The molecule has 0 spiro atoms. The van der Waals surface area contributed by atoms with Gasteiger partial charge in [0.05, 0.1) is 12.5 Å². The van der Waals surface area contributed by atoms with Gasteiger partial charge < -0.3 is 4.74 Å². The first-order valence-corrected chi connectivity index (χ1v) is 8.28. The minimum Gasteiger partial charge on any atom is -0.496 e. The summed E-state index contributed by atoms with van der Waals surface area (Å²) in [6.07, 6.45) is 1.05. The van der Waals surface area contributed by atoms with E-state index in [-0.39, 0.29) is 5.38 Å². The Morgan fingerprint density at radius 2 is 1.81 bits per heavy atom. The van der Waals surface area contributed by atoms with E-state index in [2.05, 4.69) is 37.3 Å². The standard InChI is InChI=1S/C18H17ClOS/c1-3-12-8-11-17(21-12)18(19)15-9-10-16(20-2)14-7-5-4-6-13(14)15/h4-11,18H,3H2,1-2H3. The Hall–Kier alpha value is -1.51. The van der Waals surface area contributed by atoms with Crippen LogP contribution < -0.4 is 4.74 Å². The minimum absolute atomic E-state index is 0.119. The number of rotatable bonds is 4. The molecule has 0 radical (unpaired) electrons. The number of ether oxygens (including phenoxy) is 1. The number of alkyl halides is 1. The first-order chi connectivity index (χ1) is 10.2. The van der Waals surface area contributed by atoms with E-state index < -0.39 is 0 Å². The van der Waals surface area contributed by atoms with Gasteiger partial charge in [0.25, 0.3) is 0 Å². The van der Waals surface area contributed by atoms with Crippen molar-refractivity contribution in [1.82, 2.24) is 0 Å². The Morgan fingerprint density at radius 1 is 1.05 bits per heavy atom. The van der Waals surface area contributed by atoms with Crippen molar-refractivity contribution in [2.24, 2.45) is 0 Å². The number of fused-ring (bicyclic) bond motifs is 1. The highest BCUT2D eigenvalue weighted by atomic mass is 35.5. The second-order valence-electron chi connectivity index (χ2n) is 4.92. The Kier molecular flexibility index (Phi) is 4.18. The smallest absolute Gasteiger partial charge is 0.126 e. The topological polar surface area (TPSA) is 9.23 Å². The highest BCUT2D eigenvalue weighted by Crippen LogP contribution is 2.39. The summed E-state index contributed by atoms with van der Waals surface area (Å²) in [6.45, 7) is 2.17. The minimum atomic E-state index is -0.119. The lowest BCUT2D eigenvalue weighted by Gasteiger charge is -2.14. The van der Waals surface area contributed by atoms with Crippen LogP contribution in [0.5, 0.6) is 5.75 Å². The SMILES string of the molecule is CCc1ccc(C(Cl)c2ccc(OC)c3ccccc23)s1. The molecule has 2 aromatic carbocycles.